The molecule has 0 saturated carbocycles. The number of hydrogen-bond donors (Lipinski definition) is 0. The SMILES string of the molecule is CN=C1N(C)CCN1CCCC(C)(C)CC(C)(C)C. The molecule has 0 aliphatic carbocycles. The van der Waals surface area contributed by atoms with E-state index in [-0.39, 0.29) is 0 Å². The lowest BCUT2D eigenvalue weighted by molar-refractivity contribution is 0.191. The van der Waals surface area contributed by atoms with E-state index in [0.29, 0.717) is 10.8 Å². The van der Waals surface area contributed by atoms with Crippen molar-refractivity contribution in [2.45, 2.75) is 53.9 Å². The summed E-state index contributed by atoms with van der Waals surface area (Å²) in [6, 6.07) is 0. The first-order chi connectivity index (χ1) is 8.64. The predicted octanol–water partition coefficient (Wildman–Crippen LogP) is 3.46. The third kappa shape index (κ3) is 5.42. The van der Waals surface area contributed by atoms with Crippen LogP contribution in [0.5, 0.6) is 0 Å². The maximum Gasteiger partial charge on any atom is 0.196 e. The number of nitrogens with zero attached hydrogens (tertiary/aromatic N) is 3. The lowest BCUT2D eigenvalue weighted by Gasteiger charge is -2.33. The van der Waals surface area contributed by atoms with Gasteiger partial charge in [0.05, 0.1) is 0 Å². The van der Waals surface area contributed by atoms with Gasteiger partial charge in [-0.05, 0) is 30.1 Å². The quantitative estimate of drug-likeness (QED) is 0.759. The molecule has 0 spiro atoms. The van der Waals surface area contributed by atoms with E-state index in [1.54, 1.807) is 0 Å². The van der Waals surface area contributed by atoms with Gasteiger partial charge in [0.2, 0.25) is 0 Å². The summed E-state index contributed by atoms with van der Waals surface area (Å²) in [7, 11) is 4.03. The van der Waals surface area contributed by atoms with Crippen LogP contribution in [0.2, 0.25) is 0 Å². The van der Waals surface area contributed by atoms with Crippen LogP contribution in [0.25, 0.3) is 0 Å². The second-order valence-corrected chi connectivity index (χ2v) is 7.94. The van der Waals surface area contributed by atoms with Gasteiger partial charge in [-0.25, -0.2) is 0 Å². The molecule has 0 radical (unpaired) electrons. The molecule has 1 heterocycles. The Kier molecular flexibility index (Phi) is 5.28. The van der Waals surface area contributed by atoms with Gasteiger partial charge >= 0.3 is 0 Å². The molecule has 1 fully saturated rings. The first kappa shape index (κ1) is 16.3. The predicted molar refractivity (Wildman–Crippen MR) is 84.6 cm³/mol. The van der Waals surface area contributed by atoms with Gasteiger partial charge < -0.3 is 9.80 Å². The molecule has 3 nitrogen and oxygen atoms in total. The Bertz CT molecular complexity index is 312. The van der Waals surface area contributed by atoms with Gasteiger partial charge in [0.1, 0.15) is 0 Å². The molecule has 0 N–H and O–H groups in total. The van der Waals surface area contributed by atoms with Crippen LogP contribution in [0.15, 0.2) is 4.99 Å². The topological polar surface area (TPSA) is 18.8 Å². The van der Waals surface area contributed by atoms with Crippen molar-refractivity contribution in [3.8, 4) is 0 Å². The fourth-order valence-electron chi connectivity index (χ4n) is 3.51. The number of rotatable bonds is 5. The summed E-state index contributed by atoms with van der Waals surface area (Å²) in [5, 5.41) is 0. The summed E-state index contributed by atoms with van der Waals surface area (Å²) in [5.74, 6) is 1.16. The molecule has 1 saturated heterocycles. The van der Waals surface area contributed by atoms with E-state index in [1.165, 1.54) is 19.3 Å². The van der Waals surface area contributed by atoms with Crippen LogP contribution in [-0.2, 0) is 0 Å². The van der Waals surface area contributed by atoms with Crippen LogP contribution in [0.4, 0.5) is 0 Å². The summed E-state index contributed by atoms with van der Waals surface area (Å²) in [4.78, 5) is 9.07. The zero-order chi connectivity index (χ0) is 14.7. The van der Waals surface area contributed by atoms with E-state index >= 15 is 0 Å². The van der Waals surface area contributed by atoms with Gasteiger partial charge in [-0.1, -0.05) is 34.6 Å². The Labute approximate surface area is 120 Å². The third-order valence-corrected chi connectivity index (χ3v) is 3.82. The van der Waals surface area contributed by atoms with E-state index in [0.717, 1.165) is 25.6 Å². The summed E-state index contributed by atoms with van der Waals surface area (Å²) in [6.45, 7) is 15.2. The molecule has 1 aliphatic rings. The maximum atomic E-state index is 4.39. The maximum absolute atomic E-state index is 4.39. The zero-order valence-electron chi connectivity index (χ0n) is 14.1. The minimum absolute atomic E-state index is 0.424. The minimum atomic E-state index is 0.424. The zero-order valence-corrected chi connectivity index (χ0v) is 14.1. The van der Waals surface area contributed by atoms with E-state index in [2.05, 4.69) is 56.5 Å². The van der Waals surface area contributed by atoms with E-state index in [1.807, 2.05) is 7.05 Å². The minimum Gasteiger partial charge on any atom is -0.344 e. The monoisotopic (exact) mass is 267 g/mol. The fraction of sp³-hybridized carbons (Fsp3) is 0.938. The molecule has 0 bridgehead atoms. The molecule has 0 unspecified atom stereocenters. The van der Waals surface area contributed by atoms with Gasteiger partial charge in [0.15, 0.2) is 5.96 Å². The molecule has 1 aliphatic heterocycles. The lowest BCUT2D eigenvalue weighted by atomic mass is 9.74. The molecule has 112 valence electrons. The summed E-state index contributed by atoms with van der Waals surface area (Å²) < 4.78 is 0. The van der Waals surface area contributed by atoms with Crippen LogP contribution in [0, 0.1) is 10.8 Å². The van der Waals surface area contributed by atoms with Crippen LogP contribution >= 0.6 is 0 Å². The summed E-state index contributed by atoms with van der Waals surface area (Å²) in [5.41, 5.74) is 0.862. The molecule has 0 atom stereocenters. The first-order valence-corrected chi connectivity index (χ1v) is 7.57. The molecule has 0 aromatic carbocycles. The first-order valence-electron chi connectivity index (χ1n) is 7.57. The Morgan fingerprint density at radius 3 is 2.26 bits per heavy atom. The highest BCUT2D eigenvalue weighted by molar-refractivity contribution is 5.81. The van der Waals surface area contributed by atoms with Gasteiger partial charge in [0.25, 0.3) is 0 Å². The highest BCUT2D eigenvalue weighted by atomic mass is 15.4. The van der Waals surface area contributed by atoms with Gasteiger partial charge in [0, 0.05) is 33.7 Å². The molecule has 3 heteroatoms. The summed E-state index contributed by atoms with van der Waals surface area (Å²) >= 11 is 0. The van der Waals surface area contributed by atoms with Crippen molar-refractivity contribution in [3.63, 3.8) is 0 Å². The Hall–Kier alpha value is -0.730. The third-order valence-electron chi connectivity index (χ3n) is 3.82. The Morgan fingerprint density at radius 1 is 1.11 bits per heavy atom. The molecule has 0 aromatic heterocycles. The Balaban J connectivity index is 2.38. The van der Waals surface area contributed by atoms with Crippen molar-refractivity contribution in [1.82, 2.24) is 9.80 Å². The molecule has 19 heavy (non-hydrogen) atoms. The van der Waals surface area contributed by atoms with Crippen molar-refractivity contribution < 1.29 is 0 Å². The van der Waals surface area contributed by atoms with E-state index in [4.69, 9.17) is 0 Å². The Morgan fingerprint density at radius 2 is 1.74 bits per heavy atom. The van der Waals surface area contributed by atoms with Crippen molar-refractivity contribution >= 4 is 5.96 Å². The van der Waals surface area contributed by atoms with Crippen LogP contribution in [-0.4, -0.2) is 49.5 Å². The van der Waals surface area contributed by atoms with Crippen molar-refractivity contribution in [2.75, 3.05) is 33.7 Å². The van der Waals surface area contributed by atoms with E-state index < -0.39 is 0 Å². The van der Waals surface area contributed by atoms with Gasteiger partial charge in [-0.3, -0.25) is 4.99 Å². The van der Waals surface area contributed by atoms with Crippen molar-refractivity contribution in [2.24, 2.45) is 15.8 Å². The summed E-state index contributed by atoms with van der Waals surface area (Å²) in [6.07, 6.45) is 3.84. The molecular formula is C16H33N3. The average molecular weight is 267 g/mol. The number of guanidine groups is 1. The second-order valence-electron chi connectivity index (χ2n) is 7.94. The molecule has 0 amide bonds. The smallest absolute Gasteiger partial charge is 0.196 e. The van der Waals surface area contributed by atoms with Crippen LogP contribution in [0.1, 0.15) is 53.9 Å². The second kappa shape index (κ2) is 6.15. The normalized spacial score (nSPS) is 19.6. The molecule has 1 rings (SSSR count). The van der Waals surface area contributed by atoms with Crippen molar-refractivity contribution in [3.05, 3.63) is 0 Å². The van der Waals surface area contributed by atoms with Crippen molar-refractivity contribution in [1.29, 1.82) is 0 Å². The average Bonchev–Trinajstić information content (AvgIpc) is 2.55. The highest BCUT2D eigenvalue weighted by Crippen LogP contribution is 2.36. The number of likely N-dealkylation sites (N-methyl/N-ethyl adjacent to an activating group) is 1. The van der Waals surface area contributed by atoms with Gasteiger partial charge in [-0.15, -0.1) is 0 Å². The molecular weight excluding hydrogens is 234 g/mol. The number of hydrogen-bond acceptors (Lipinski definition) is 1. The molecule has 0 aromatic rings. The van der Waals surface area contributed by atoms with Crippen LogP contribution in [0.3, 0.4) is 0 Å². The van der Waals surface area contributed by atoms with Gasteiger partial charge in [-0.2, -0.15) is 0 Å². The largest absolute Gasteiger partial charge is 0.344 e. The standard InChI is InChI=1S/C16H33N3/c1-15(2,3)13-16(4,5)9-8-10-19-12-11-18(7)14(19)17-6/h8-13H2,1-7H3. The fourth-order valence-corrected chi connectivity index (χ4v) is 3.51. The lowest BCUT2D eigenvalue weighted by Crippen LogP contribution is -2.32. The van der Waals surface area contributed by atoms with Crippen LogP contribution < -0.4 is 0 Å². The van der Waals surface area contributed by atoms with E-state index in [9.17, 15) is 0 Å². The number of aliphatic imine (C=N–C) groups is 1. The highest BCUT2D eigenvalue weighted by Gasteiger charge is 2.26.